The van der Waals surface area contributed by atoms with Gasteiger partial charge in [-0.3, -0.25) is 4.68 Å². The smallest absolute Gasteiger partial charge is 0.222 e. The highest BCUT2D eigenvalue weighted by Crippen LogP contribution is 2.26. The topological polar surface area (TPSA) is 115 Å². The third-order valence-electron chi connectivity index (χ3n) is 6.59. The lowest BCUT2D eigenvalue weighted by Gasteiger charge is -2.22. The van der Waals surface area contributed by atoms with E-state index in [0.717, 1.165) is 63.4 Å². The Morgan fingerprint density at radius 2 is 2.14 bits per heavy atom. The summed E-state index contributed by atoms with van der Waals surface area (Å²) >= 11 is 0. The molecule has 1 aromatic carbocycles. The lowest BCUT2D eigenvalue weighted by atomic mass is 10.1. The fourth-order valence-corrected chi connectivity index (χ4v) is 4.79. The number of ether oxygens (including phenoxy) is 2. The number of benzene rings is 1. The van der Waals surface area contributed by atoms with Gasteiger partial charge < -0.3 is 30.1 Å². The van der Waals surface area contributed by atoms with E-state index in [1.165, 1.54) is 5.56 Å². The summed E-state index contributed by atoms with van der Waals surface area (Å²) in [5.41, 5.74) is 9.63. The molecule has 1 aliphatic rings. The zero-order chi connectivity index (χ0) is 25.5. The molecule has 1 fully saturated rings. The summed E-state index contributed by atoms with van der Waals surface area (Å²) in [6, 6.07) is 6.37. The quantitative estimate of drug-likeness (QED) is 0.368. The van der Waals surface area contributed by atoms with Gasteiger partial charge in [0, 0.05) is 38.3 Å². The molecular formula is C26H39N7O3. The first-order valence-corrected chi connectivity index (χ1v) is 12.8. The average Bonchev–Trinajstić information content (AvgIpc) is 3.51. The third kappa shape index (κ3) is 6.43. The number of methoxy groups -OCH3 is 1. The second-order valence-corrected chi connectivity index (χ2v) is 9.60. The maximum atomic E-state index is 9.58. The summed E-state index contributed by atoms with van der Waals surface area (Å²) in [4.78, 5) is 13.2. The van der Waals surface area contributed by atoms with E-state index in [-0.39, 0.29) is 12.6 Å². The number of nitrogens with two attached hydrogens (primary N) is 1. The van der Waals surface area contributed by atoms with Crippen LogP contribution in [0.2, 0.25) is 0 Å². The lowest BCUT2D eigenvalue weighted by molar-refractivity contribution is 0.173. The number of anilines is 2. The van der Waals surface area contributed by atoms with E-state index in [0.29, 0.717) is 35.9 Å². The van der Waals surface area contributed by atoms with Crippen LogP contribution in [0.4, 0.5) is 11.8 Å². The Kier molecular flexibility index (Phi) is 8.95. The van der Waals surface area contributed by atoms with Crippen molar-refractivity contribution in [2.24, 2.45) is 5.92 Å². The Balaban J connectivity index is 1.53. The summed E-state index contributed by atoms with van der Waals surface area (Å²) in [6.45, 7) is 7.56. The van der Waals surface area contributed by atoms with Crippen molar-refractivity contribution in [3.05, 3.63) is 35.5 Å². The Morgan fingerprint density at radius 3 is 2.86 bits per heavy atom. The average molecular weight is 498 g/mol. The molecule has 0 bridgehead atoms. The van der Waals surface area contributed by atoms with Crippen molar-refractivity contribution >= 4 is 22.8 Å². The zero-order valence-electron chi connectivity index (χ0n) is 21.7. The largest absolute Gasteiger partial charge is 0.496 e. The van der Waals surface area contributed by atoms with Gasteiger partial charge in [-0.2, -0.15) is 10.1 Å². The molecule has 0 saturated carbocycles. The number of hydrogen-bond acceptors (Lipinski definition) is 9. The van der Waals surface area contributed by atoms with Gasteiger partial charge in [-0.1, -0.05) is 25.5 Å². The van der Waals surface area contributed by atoms with Crippen molar-refractivity contribution in [3.63, 3.8) is 0 Å². The second-order valence-electron chi connectivity index (χ2n) is 9.60. The summed E-state index contributed by atoms with van der Waals surface area (Å²) in [6.07, 6.45) is 5.05. The summed E-state index contributed by atoms with van der Waals surface area (Å²) in [5.74, 6) is 2.31. The van der Waals surface area contributed by atoms with Crippen molar-refractivity contribution in [3.8, 4) is 5.75 Å². The molecule has 3 N–H and O–H groups in total. The molecule has 3 aromatic rings. The van der Waals surface area contributed by atoms with E-state index >= 15 is 0 Å². The minimum absolute atomic E-state index is 0.0307. The molecule has 4 rings (SSSR count). The Bertz CT molecular complexity index is 1130. The number of nitrogens with zero attached hydrogens (tertiary/aromatic N) is 6. The highest BCUT2D eigenvalue weighted by Gasteiger charge is 2.19. The van der Waals surface area contributed by atoms with Crippen LogP contribution in [-0.4, -0.2) is 83.4 Å². The number of rotatable bonds is 13. The first-order valence-electron chi connectivity index (χ1n) is 12.8. The van der Waals surface area contributed by atoms with Crippen molar-refractivity contribution in [2.75, 3.05) is 64.2 Å². The van der Waals surface area contributed by atoms with Gasteiger partial charge in [0.05, 0.1) is 33.1 Å². The van der Waals surface area contributed by atoms with E-state index in [9.17, 15) is 5.11 Å². The summed E-state index contributed by atoms with van der Waals surface area (Å²) in [7, 11) is 3.85. The van der Waals surface area contributed by atoms with E-state index in [2.05, 4.69) is 47.0 Å². The van der Waals surface area contributed by atoms with Crippen LogP contribution in [0.25, 0.3) is 11.0 Å². The maximum Gasteiger partial charge on any atom is 0.222 e. The van der Waals surface area contributed by atoms with Crippen LogP contribution < -0.4 is 15.4 Å². The lowest BCUT2D eigenvalue weighted by Crippen LogP contribution is -2.29. The van der Waals surface area contributed by atoms with Crippen LogP contribution in [0.3, 0.4) is 0 Å². The summed E-state index contributed by atoms with van der Waals surface area (Å²) in [5, 5.41) is 14.4. The highest BCUT2D eigenvalue weighted by atomic mass is 16.5. The molecule has 0 aliphatic carbocycles. The molecule has 1 saturated heterocycles. The minimum atomic E-state index is 0.0307. The predicted octanol–water partition coefficient (Wildman–Crippen LogP) is 2.53. The van der Waals surface area contributed by atoms with Gasteiger partial charge in [-0.05, 0) is 37.4 Å². The van der Waals surface area contributed by atoms with Gasteiger partial charge in [0.15, 0.2) is 11.3 Å². The first kappa shape index (κ1) is 26.1. The van der Waals surface area contributed by atoms with Gasteiger partial charge in [0.1, 0.15) is 11.3 Å². The van der Waals surface area contributed by atoms with Gasteiger partial charge in [-0.15, -0.1) is 0 Å². The molecule has 0 radical (unpaired) electrons. The summed E-state index contributed by atoms with van der Waals surface area (Å²) < 4.78 is 13.1. The van der Waals surface area contributed by atoms with Gasteiger partial charge in [0.25, 0.3) is 0 Å². The van der Waals surface area contributed by atoms with Crippen LogP contribution in [0, 0.1) is 5.92 Å². The number of fused-ring (bicyclic) bond motifs is 1. The molecule has 196 valence electrons. The number of unbranched alkanes of at least 4 members (excludes halogenated alkanes) is 1. The molecule has 3 heterocycles. The maximum absolute atomic E-state index is 9.58. The molecule has 1 aliphatic heterocycles. The Labute approximate surface area is 213 Å². The predicted molar refractivity (Wildman–Crippen MR) is 141 cm³/mol. The van der Waals surface area contributed by atoms with Crippen molar-refractivity contribution in [1.29, 1.82) is 0 Å². The van der Waals surface area contributed by atoms with Crippen LogP contribution in [0.15, 0.2) is 24.4 Å². The Hall–Kier alpha value is -2.95. The Morgan fingerprint density at radius 1 is 1.28 bits per heavy atom. The van der Waals surface area contributed by atoms with E-state index in [1.54, 1.807) is 7.11 Å². The van der Waals surface area contributed by atoms with Crippen LogP contribution in [-0.2, 0) is 17.8 Å². The van der Waals surface area contributed by atoms with E-state index in [4.69, 9.17) is 20.3 Å². The zero-order valence-corrected chi connectivity index (χ0v) is 21.7. The fourth-order valence-electron chi connectivity index (χ4n) is 4.79. The number of aliphatic hydroxyl groups is 1. The molecule has 0 amide bonds. The first-order chi connectivity index (χ1) is 17.5. The second kappa shape index (κ2) is 12.3. The third-order valence-corrected chi connectivity index (χ3v) is 6.59. The van der Waals surface area contributed by atoms with E-state index in [1.807, 2.05) is 15.8 Å². The minimum Gasteiger partial charge on any atom is -0.496 e. The van der Waals surface area contributed by atoms with Crippen LogP contribution >= 0.6 is 0 Å². The molecular weight excluding hydrogens is 458 g/mol. The standard InChI is InChI=1S/C26H39N7O3/c1-4-5-9-32(10-11-34)25-24-22(28-26(27)29-25)17-33(30-24)16-21-7-6-19(13-23(21)35-3)14-31(2)15-20-8-12-36-18-20/h6-7,13,17,20,34H,4-5,8-12,14-16,18H2,1-3H3,(H2,27,28)/t20-/m1/s1. The SMILES string of the molecule is CCCCN(CCO)c1nc(N)nc2cn(Cc3ccc(CN(C)C[C@H]4CCOC4)cc3OC)nc12. The van der Waals surface area contributed by atoms with Crippen LogP contribution in [0.5, 0.6) is 5.75 Å². The molecule has 10 nitrogen and oxygen atoms in total. The molecule has 10 heteroatoms. The van der Waals surface area contributed by atoms with Gasteiger partial charge >= 0.3 is 0 Å². The molecule has 2 aromatic heterocycles. The number of aromatic nitrogens is 4. The van der Waals surface area contributed by atoms with Crippen molar-refractivity contribution in [2.45, 2.75) is 39.3 Å². The number of hydrogen-bond donors (Lipinski definition) is 2. The van der Waals surface area contributed by atoms with Crippen molar-refractivity contribution < 1.29 is 14.6 Å². The highest BCUT2D eigenvalue weighted by molar-refractivity contribution is 5.86. The number of nitrogen functional groups attached to an aromatic ring is 1. The molecule has 1 atom stereocenters. The van der Waals surface area contributed by atoms with Crippen LogP contribution in [0.1, 0.15) is 37.3 Å². The van der Waals surface area contributed by atoms with Gasteiger partial charge in [-0.25, -0.2) is 4.98 Å². The van der Waals surface area contributed by atoms with Gasteiger partial charge in [0.2, 0.25) is 5.95 Å². The number of aliphatic hydroxyl groups excluding tert-OH is 1. The molecule has 0 unspecified atom stereocenters. The molecule has 0 spiro atoms. The monoisotopic (exact) mass is 497 g/mol. The van der Waals surface area contributed by atoms with Crippen molar-refractivity contribution in [1.82, 2.24) is 24.6 Å². The van der Waals surface area contributed by atoms with E-state index < -0.39 is 0 Å². The molecule has 36 heavy (non-hydrogen) atoms. The normalized spacial score (nSPS) is 15.8. The fraction of sp³-hybridized carbons (Fsp3) is 0.577.